The third-order valence-corrected chi connectivity index (χ3v) is 4.63. The molecule has 0 unspecified atom stereocenters. The van der Waals surface area contributed by atoms with E-state index in [4.69, 9.17) is 5.26 Å². The minimum absolute atomic E-state index is 0.232. The molecule has 0 amide bonds. The molecular formula is C18H13F3N4OS. The highest BCUT2D eigenvalue weighted by Gasteiger charge is 2.30. The van der Waals surface area contributed by atoms with Crippen LogP contribution in [0.5, 0.6) is 5.75 Å². The molecule has 0 aliphatic carbocycles. The van der Waals surface area contributed by atoms with Crippen LogP contribution >= 0.6 is 11.8 Å². The lowest BCUT2D eigenvalue weighted by molar-refractivity contribution is -0.274. The van der Waals surface area contributed by atoms with Gasteiger partial charge in [0.15, 0.2) is 5.69 Å². The molecule has 1 heterocycles. The average molecular weight is 390 g/mol. The number of ether oxygens (including phenoxy) is 1. The second kappa shape index (κ2) is 8.14. The van der Waals surface area contributed by atoms with Gasteiger partial charge in [-0.15, -0.1) is 18.3 Å². The SMILES string of the molecule is N#Cc1[nH]nnc1-c1cccc(CSCc2ccc(OC(F)(F)F)cc2)c1. The maximum atomic E-state index is 12.2. The zero-order valence-corrected chi connectivity index (χ0v) is 14.6. The molecule has 0 spiro atoms. The van der Waals surface area contributed by atoms with E-state index >= 15 is 0 Å². The molecule has 3 rings (SSSR count). The van der Waals surface area contributed by atoms with E-state index < -0.39 is 6.36 Å². The highest BCUT2D eigenvalue weighted by Crippen LogP contribution is 2.26. The molecule has 0 fully saturated rings. The third kappa shape index (κ3) is 5.24. The van der Waals surface area contributed by atoms with Crippen molar-refractivity contribution in [2.45, 2.75) is 17.9 Å². The van der Waals surface area contributed by atoms with E-state index in [0.29, 0.717) is 22.9 Å². The van der Waals surface area contributed by atoms with Crippen molar-refractivity contribution in [2.24, 2.45) is 0 Å². The van der Waals surface area contributed by atoms with Crippen LogP contribution < -0.4 is 4.74 Å². The van der Waals surface area contributed by atoms with Crippen LogP contribution in [0, 0.1) is 11.3 Å². The Morgan fingerprint density at radius 1 is 1.07 bits per heavy atom. The molecule has 1 aromatic heterocycles. The van der Waals surface area contributed by atoms with Crippen molar-refractivity contribution >= 4 is 11.8 Å². The Kier molecular flexibility index (Phi) is 5.66. The normalized spacial score (nSPS) is 11.2. The lowest BCUT2D eigenvalue weighted by atomic mass is 10.1. The van der Waals surface area contributed by atoms with Crippen molar-refractivity contribution in [3.8, 4) is 23.1 Å². The Hall–Kier alpha value is -2.99. The average Bonchev–Trinajstić information content (AvgIpc) is 3.11. The summed E-state index contributed by atoms with van der Waals surface area (Å²) in [6.45, 7) is 0. The molecule has 0 aliphatic rings. The highest BCUT2D eigenvalue weighted by atomic mass is 32.2. The van der Waals surface area contributed by atoms with Gasteiger partial charge in [-0.1, -0.05) is 35.5 Å². The molecule has 9 heteroatoms. The number of nitriles is 1. The molecule has 2 aromatic carbocycles. The van der Waals surface area contributed by atoms with Gasteiger partial charge in [0.25, 0.3) is 0 Å². The Morgan fingerprint density at radius 2 is 1.81 bits per heavy atom. The monoisotopic (exact) mass is 390 g/mol. The van der Waals surface area contributed by atoms with E-state index in [1.54, 1.807) is 23.9 Å². The highest BCUT2D eigenvalue weighted by molar-refractivity contribution is 7.97. The van der Waals surface area contributed by atoms with Crippen LogP contribution in [0.2, 0.25) is 0 Å². The van der Waals surface area contributed by atoms with Gasteiger partial charge in [0, 0.05) is 17.1 Å². The number of nitrogens with zero attached hydrogens (tertiary/aromatic N) is 3. The zero-order chi connectivity index (χ0) is 19.3. The van der Waals surface area contributed by atoms with Crippen molar-refractivity contribution in [3.63, 3.8) is 0 Å². The lowest BCUT2D eigenvalue weighted by Gasteiger charge is -2.09. The predicted octanol–water partition coefficient (Wildman–Crippen LogP) is 4.68. The van der Waals surface area contributed by atoms with Crippen LogP contribution in [-0.2, 0) is 11.5 Å². The number of aromatic nitrogens is 3. The summed E-state index contributed by atoms with van der Waals surface area (Å²) >= 11 is 1.62. The number of aromatic amines is 1. The second-order valence-electron chi connectivity index (χ2n) is 5.53. The first-order chi connectivity index (χ1) is 12.9. The molecule has 0 saturated heterocycles. The fraction of sp³-hybridized carbons (Fsp3) is 0.167. The Balaban J connectivity index is 1.58. The molecule has 0 atom stereocenters. The third-order valence-electron chi connectivity index (χ3n) is 3.56. The van der Waals surface area contributed by atoms with Crippen molar-refractivity contribution < 1.29 is 17.9 Å². The van der Waals surface area contributed by atoms with Crippen LogP contribution in [0.25, 0.3) is 11.3 Å². The summed E-state index contributed by atoms with van der Waals surface area (Å²) in [5.74, 6) is 1.11. The van der Waals surface area contributed by atoms with Gasteiger partial charge in [0.05, 0.1) is 0 Å². The fourth-order valence-corrected chi connectivity index (χ4v) is 3.34. The molecular weight excluding hydrogens is 377 g/mol. The van der Waals surface area contributed by atoms with E-state index in [0.717, 1.165) is 16.7 Å². The van der Waals surface area contributed by atoms with Gasteiger partial charge in [-0.2, -0.15) is 17.0 Å². The van der Waals surface area contributed by atoms with Gasteiger partial charge in [-0.05, 0) is 29.3 Å². The second-order valence-corrected chi connectivity index (χ2v) is 6.52. The van der Waals surface area contributed by atoms with E-state index in [9.17, 15) is 13.2 Å². The van der Waals surface area contributed by atoms with Gasteiger partial charge < -0.3 is 4.74 Å². The fourth-order valence-electron chi connectivity index (χ4n) is 2.39. The molecule has 5 nitrogen and oxygen atoms in total. The van der Waals surface area contributed by atoms with Crippen molar-refractivity contribution in [1.82, 2.24) is 15.4 Å². The molecule has 27 heavy (non-hydrogen) atoms. The smallest absolute Gasteiger partial charge is 0.406 e. The summed E-state index contributed by atoms with van der Waals surface area (Å²) in [5.41, 5.74) is 3.55. The van der Waals surface area contributed by atoms with E-state index in [1.165, 1.54) is 12.1 Å². The number of thioether (sulfide) groups is 1. The molecule has 0 radical (unpaired) electrons. The van der Waals surface area contributed by atoms with E-state index in [2.05, 4.69) is 20.1 Å². The van der Waals surface area contributed by atoms with Crippen molar-refractivity contribution in [1.29, 1.82) is 5.26 Å². The Labute approximate surface area is 157 Å². The van der Waals surface area contributed by atoms with E-state index in [1.807, 2.05) is 30.3 Å². The molecule has 0 saturated carbocycles. The summed E-state index contributed by atoms with van der Waals surface area (Å²) in [7, 11) is 0. The summed E-state index contributed by atoms with van der Waals surface area (Å²) in [4.78, 5) is 0. The number of rotatable bonds is 6. The number of nitrogens with one attached hydrogen (secondary N) is 1. The van der Waals surface area contributed by atoms with Crippen LogP contribution in [0.3, 0.4) is 0 Å². The minimum atomic E-state index is -4.68. The largest absolute Gasteiger partial charge is 0.573 e. The van der Waals surface area contributed by atoms with Crippen LogP contribution in [0.1, 0.15) is 16.8 Å². The number of benzene rings is 2. The van der Waals surface area contributed by atoms with Gasteiger partial charge in [0.1, 0.15) is 17.5 Å². The number of H-pyrrole nitrogens is 1. The van der Waals surface area contributed by atoms with Gasteiger partial charge in [-0.3, -0.25) is 0 Å². The number of alkyl halides is 3. The molecule has 3 aromatic rings. The number of halogens is 3. The van der Waals surface area contributed by atoms with Gasteiger partial charge >= 0.3 is 6.36 Å². The molecule has 0 bridgehead atoms. The zero-order valence-electron chi connectivity index (χ0n) is 13.8. The summed E-state index contributed by atoms with van der Waals surface area (Å²) in [6.07, 6.45) is -4.68. The Bertz CT molecular complexity index is 948. The number of hydrogen-bond acceptors (Lipinski definition) is 5. The quantitative estimate of drug-likeness (QED) is 0.662. The standard InChI is InChI=1S/C18H13F3N4OS/c19-18(20,21)26-15-6-4-12(5-7-15)10-27-11-13-2-1-3-14(8-13)17-16(9-22)23-25-24-17/h1-8H,10-11H2,(H,23,24,25). The lowest BCUT2D eigenvalue weighted by Crippen LogP contribution is -2.16. The van der Waals surface area contributed by atoms with Gasteiger partial charge in [0.2, 0.25) is 0 Å². The first kappa shape index (κ1) is 18.8. The molecule has 1 N–H and O–H groups in total. The summed E-state index contributed by atoms with van der Waals surface area (Å²) in [5, 5.41) is 19.2. The van der Waals surface area contributed by atoms with Crippen LogP contribution in [-0.4, -0.2) is 21.8 Å². The Morgan fingerprint density at radius 3 is 2.52 bits per heavy atom. The van der Waals surface area contributed by atoms with E-state index in [-0.39, 0.29) is 5.75 Å². The number of hydrogen-bond donors (Lipinski definition) is 1. The van der Waals surface area contributed by atoms with Crippen LogP contribution in [0.15, 0.2) is 48.5 Å². The maximum absolute atomic E-state index is 12.2. The predicted molar refractivity (Wildman–Crippen MR) is 94.7 cm³/mol. The summed E-state index contributed by atoms with van der Waals surface area (Å²) < 4.78 is 40.3. The topological polar surface area (TPSA) is 74.6 Å². The van der Waals surface area contributed by atoms with Crippen molar-refractivity contribution in [3.05, 3.63) is 65.4 Å². The van der Waals surface area contributed by atoms with Gasteiger partial charge in [-0.25, -0.2) is 5.10 Å². The van der Waals surface area contributed by atoms with Crippen LogP contribution in [0.4, 0.5) is 13.2 Å². The first-order valence-corrected chi connectivity index (χ1v) is 8.93. The maximum Gasteiger partial charge on any atom is 0.573 e. The first-order valence-electron chi connectivity index (χ1n) is 7.77. The molecule has 0 aliphatic heterocycles. The van der Waals surface area contributed by atoms with Crippen molar-refractivity contribution in [2.75, 3.05) is 0 Å². The minimum Gasteiger partial charge on any atom is -0.406 e. The summed E-state index contributed by atoms with van der Waals surface area (Å²) in [6, 6.07) is 15.5. The molecule has 138 valence electrons.